The predicted octanol–water partition coefficient (Wildman–Crippen LogP) is 3.26. The smallest absolute Gasteiger partial charge is 0.229 e. The summed E-state index contributed by atoms with van der Waals surface area (Å²) >= 11 is 4.98. The van der Waals surface area contributed by atoms with Crippen molar-refractivity contribution in [2.24, 2.45) is 5.73 Å². The van der Waals surface area contributed by atoms with E-state index in [1.807, 2.05) is 6.92 Å². The Labute approximate surface area is 116 Å². The molecule has 0 saturated carbocycles. The van der Waals surface area contributed by atoms with Crippen LogP contribution in [-0.2, 0) is 0 Å². The van der Waals surface area contributed by atoms with Crippen molar-refractivity contribution < 1.29 is 9.13 Å². The van der Waals surface area contributed by atoms with Gasteiger partial charge in [-0.1, -0.05) is 18.3 Å². The molecule has 1 aromatic heterocycles. The Morgan fingerprint density at radius 2 is 2.00 bits per heavy atom. The van der Waals surface area contributed by atoms with E-state index in [9.17, 15) is 4.39 Å². The van der Waals surface area contributed by atoms with Crippen molar-refractivity contribution in [3.63, 3.8) is 0 Å². The molecule has 98 valence electrons. The number of rotatable bonds is 3. The van der Waals surface area contributed by atoms with Gasteiger partial charge < -0.3 is 10.5 Å². The first-order chi connectivity index (χ1) is 8.99. The Kier molecular flexibility index (Phi) is 3.76. The number of hydrogen-bond donors (Lipinski definition) is 1. The molecule has 0 radical (unpaired) electrons. The second-order valence-electron chi connectivity index (χ2n) is 4.19. The molecule has 2 rings (SSSR count). The summed E-state index contributed by atoms with van der Waals surface area (Å²) in [6.45, 7) is 3.54. The fourth-order valence-corrected chi connectivity index (χ4v) is 1.91. The van der Waals surface area contributed by atoms with Crippen LogP contribution in [0.1, 0.15) is 16.7 Å². The first-order valence-electron chi connectivity index (χ1n) is 5.68. The third-order valence-corrected chi connectivity index (χ3v) is 2.93. The molecule has 3 nitrogen and oxygen atoms in total. The van der Waals surface area contributed by atoms with Crippen LogP contribution >= 0.6 is 12.2 Å². The highest BCUT2D eigenvalue weighted by Crippen LogP contribution is 2.26. The number of benzene rings is 1. The maximum absolute atomic E-state index is 13.5. The van der Waals surface area contributed by atoms with E-state index < -0.39 is 0 Å². The third-order valence-electron chi connectivity index (χ3n) is 2.73. The molecule has 5 heteroatoms. The Morgan fingerprint density at radius 3 is 2.63 bits per heavy atom. The third kappa shape index (κ3) is 2.88. The van der Waals surface area contributed by atoms with Crippen LogP contribution in [0.4, 0.5) is 4.39 Å². The number of aryl methyl sites for hydroxylation is 2. The van der Waals surface area contributed by atoms with E-state index in [1.165, 1.54) is 6.07 Å². The van der Waals surface area contributed by atoms with Gasteiger partial charge in [-0.15, -0.1) is 0 Å². The van der Waals surface area contributed by atoms with E-state index in [4.69, 9.17) is 22.7 Å². The van der Waals surface area contributed by atoms with Gasteiger partial charge in [0.1, 0.15) is 16.6 Å². The van der Waals surface area contributed by atoms with Crippen LogP contribution in [0.15, 0.2) is 30.5 Å². The fraction of sp³-hybridized carbons (Fsp3) is 0.143. The van der Waals surface area contributed by atoms with E-state index in [0.717, 1.165) is 5.56 Å². The number of thiocarbonyl (C=S) groups is 1. The van der Waals surface area contributed by atoms with Gasteiger partial charge in [-0.05, 0) is 37.1 Å². The highest BCUT2D eigenvalue weighted by atomic mass is 32.1. The average molecular weight is 276 g/mol. The second kappa shape index (κ2) is 5.32. The molecular formula is C14H13FN2OS. The van der Waals surface area contributed by atoms with E-state index in [-0.39, 0.29) is 16.7 Å². The number of nitrogens with zero attached hydrogens (tertiary/aromatic N) is 1. The van der Waals surface area contributed by atoms with Crippen LogP contribution in [0.25, 0.3) is 0 Å². The molecular weight excluding hydrogens is 263 g/mol. The van der Waals surface area contributed by atoms with Crippen LogP contribution in [0.2, 0.25) is 0 Å². The molecule has 0 aliphatic carbocycles. The molecule has 0 unspecified atom stereocenters. The standard InChI is InChI=1S/C14H13FN2OS/c1-8-3-4-10(7-11(8)15)18-14-12(13(16)19)9(2)5-6-17-14/h3-7H,1-2H3,(H2,16,19). The Morgan fingerprint density at radius 1 is 1.26 bits per heavy atom. The molecule has 0 aliphatic rings. The van der Waals surface area contributed by atoms with Gasteiger partial charge >= 0.3 is 0 Å². The zero-order valence-electron chi connectivity index (χ0n) is 10.6. The first kappa shape index (κ1) is 13.4. The summed E-state index contributed by atoms with van der Waals surface area (Å²) in [4.78, 5) is 4.30. The lowest BCUT2D eigenvalue weighted by Gasteiger charge is -2.11. The Bertz CT molecular complexity index is 643. The second-order valence-corrected chi connectivity index (χ2v) is 4.63. The van der Waals surface area contributed by atoms with Crippen LogP contribution in [0.5, 0.6) is 11.6 Å². The summed E-state index contributed by atoms with van der Waals surface area (Å²) in [7, 11) is 0. The number of halogens is 1. The molecule has 1 heterocycles. The molecule has 0 atom stereocenters. The summed E-state index contributed by atoms with van der Waals surface area (Å²) < 4.78 is 19.0. The summed E-state index contributed by atoms with van der Waals surface area (Å²) in [6.07, 6.45) is 1.59. The Hall–Kier alpha value is -2.01. The molecule has 1 aromatic carbocycles. The molecule has 0 saturated heterocycles. The highest BCUT2D eigenvalue weighted by Gasteiger charge is 2.12. The van der Waals surface area contributed by atoms with Crippen molar-refractivity contribution in [2.45, 2.75) is 13.8 Å². The summed E-state index contributed by atoms with van der Waals surface area (Å²) in [5.41, 5.74) is 7.65. The number of hydrogen-bond acceptors (Lipinski definition) is 3. The van der Waals surface area contributed by atoms with Gasteiger partial charge in [0.15, 0.2) is 0 Å². The van der Waals surface area contributed by atoms with Crippen LogP contribution in [0, 0.1) is 19.7 Å². The van der Waals surface area contributed by atoms with Gasteiger partial charge in [0.2, 0.25) is 5.88 Å². The average Bonchev–Trinajstić information content (AvgIpc) is 2.33. The first-order valence-corrected chi connectivity index (χ1v) is 6.09. The lowest BCUT2D eigenvalue weighted by atomic mass is 10.1. The quantitative estimate of drug-likeness (QED) is 0.874. The molecule has 19 heavy (non-hydrogen) atoms. The van der Waals surface area contributed by atoms with E-state index >= 15 is 0 Å². The number of nitrogens with two attached hydrogens (primary N) is 1. The maximum atomic E-state index is 13.5. The van der Waals surface area contributed by atoms with Gasteiger partial charge in [-0.25, -0.2) is 9.37 Å². The number of aromatic nitrogens is 1. The monoisotopic (exact) mass is 276 g/mol. The zero-order valence-corrected chi connectivity index (χ0v) is 11.4. The normalized spacial score (nSPS) is 10.3. The predicted molar refractivity (Wildman–Crippen MR) is 76.1 cm³/mol. The molecule has 0 fully saturated rings. The molecule has 0 spiro atoms. The minimum Gasteiger partial charge on any atom is -0.438 e. The maximum Gasteiger partial charge on any atom is 0.229 e. The van der Waals surface area contributed by atoms with E-state index in [0.29, 0.717) is 16.9 Å². The van der Waals surface area contributed by atoms with Crippen molar-refractivity contribution in [1.82, 2.24) is 4.98 Å². The molecule has 0 aliphatic heterocycles. The minimum atomic E-state index is -0.331. The SMILES string of the molecule is Cc1ccc(Oc2nccc(C)c2C(N)=S)cc1F. The zero-order chi connectivity index (χ0) is 14.0. The van der Waals surface area contributed by atoms with Crippen LogP contribution in [0.3, 0.4) is 0 Å². The van der Waals surface area contributed by atoms with Gasteiger partial charge in [0.05, 0.1) is 5.56 Å². The molecule has 0 bridgehead atoms. The van der Waals surface area contributed by atoms with Gasteiger partial charge in [0, 0.05) is 12.3 Å². The van der Waals surface area contributed by atoms with Crippen molar-refractivity contribution in [3.8, 4) is 11.6 Å². The van der Waals surface area contributed by atoms with Crippen molar-refractivity contribution >= 4 is 17.2 Å². The minimum absolute atomic E-state index is 0.202. The number of pyridine rings is 1. The highest BCUT2D eigenvalue weighted by molar-refractivity contribution is 7.80. The summed E-state index contributed by atoms with van der Waals surface area (Å²) in [5.74, 6) is 0.316. The topological polar surface area (TPSA) is 48.1 Å². The van der Waals surface area contributed by atoms with Crippen molar-refractivity contribution in [2.75, 3.05) is 0 Å². The summed E-state index contributed by atoms with van der Waals surface area (Å²) in [6, 6.07) is 6.41. The molecule has 2 aromatic rings. The van der Waals surface area contributed by atoms with E-state index in [2.05, 4.69) is 4.98 Å². The van der Waals surface area contributed by atoms with Gasteiger partial charge in [0.25, 0.3) is 0 Å². The van der Waals surface area contributed by atoms with Crippen molar-refractivity contribution in [3.05, 3.63) is 53.0 Å². The lowest BCUT2D eigenvalue weighted by molar-refractivity contribution is 0.456. The molecule has 0 amide bonds. The van der Waals surface area contributed by atoms with Crippen LogP contribution in [-0.4, -0.2) is 9.97 Å². The summed E-state index contributed by atoms with van der Waals surface area (Å²) in [5, 5.41) is 0. The van der Waals surface area contributed by atoms with Crippen LogP contribution < -0.4 is 10.5 Å². The number of ether oxygens (including phenoxy) is 1. The Balaban J connectivity index is 2.40. The van der Waals surface area contributed by atoms with Crippen molar-refractivity contribution in [1.29, 1.82) is 0 Å². The van der Waals surface area contributed by atoms with Gasteiger partial charge in [-0.3, -0.25) is 0 Å². The largest absolute Gasteiger partial charge is 0.438 e. The van der Waals surface area contributed by atoms with E-state index in [1.54, 1.807) is 31.3 Å². The van der Waals surface area contributed by atoms with Gasteiger partial charge in [-0.2, -0.15) is 0 Å². The lowest BCUT2D eigenvalue weighted by Crippen LogP contribution is -2.13. The molecule has 2 N–H and O–H groups in total. The fourth-order valence-electron chi connectivity index (χ4n) is 1.66.